The van der Waals surface area contributed by atoms with Crippen molar-refractivity contribution in [2.75, 3.05) is 0 Å². The van der Waals surface area contributed by atoms with Gasteiger partial charge in [0.1, 0.15) is 0 Å². The molecule has 0 aromatic heterocycles. The fraction of sp³-hybridized carbons (Fsp3) is 1.00. The van der Waals surface area contributed by atoms with Crippen LogP contribution in [0.15, 0.2) is 0 Å². The van der Waals surface area contributed by atoms with E-state index in [9.17, 15) is 0 Å². The molecule has 0 aliphatic heterocycles. The number of rotatable bonds is 2. The van der Waals surface area contributed by atoms with Gasteiger partial charge in [-0.15, -0.1) is 0 Å². The Kier molecular flexibility index (Phi) is 4.21. The van der Waals surface area contributed by atoms with Crippen molar-refractivity contribution in [3.8, 4) is 0 Å². The molecule has 0 amide bonds. The molecule has 0 N–H and O–H groups in total. The van der Waals surface area contributed by atoms with E-state index in [4.69, 9.17) is 0 Å². The fourth-order valence-corrected chi connectivity index (χ4v) is 9.70. The summed E-state index contributed by atoms with van der Waals surface area (Å²) in [4.78, 5) is 0. The molecule has 0 heterocycles. The van der Waals surface area contributed by atoms with Crippen molar-refractivity contribution in [2.45, 2.75) is 73.7 Å². The SMILES string of the molecule is C1CC[CH]([GeH2][CH]2CCCCC2)CC1. The summed E-state index contributed by atoms with van der Waals surface area (Å²) in [6.45, 7) is 0. The second-order valence-corrected chi connectivity index (χ2v) is 11.1. The van der Waals surface area contributed by atoms with E-state index in [1.807, 2.05) is 0 Å². The molecule has 0 unspecified atom stereocenters. The van der Waals surface area contributed by atoms with E-state index in [2.05, 4.69) is 0 Å². The van der Waals surface area contributed by atoms with E-state index in [1.165, 1.54) is 9.50 Å². The third-order valence-electron chi connectivity index (χ3n) is 4.12. The van der Waals surface area contributed by atoms with Gasteiger partial charge in [0.2, 0.25) is 0 Å². The van der Waals surface area contributed by atoms with Gasteiger partial charge in [-0.2, -0.15) is 0 Å². The molecule has 76 valence electrons. The minimum absolute atomic E-state index is 0.123. The van der Waals surface area contributed by atoms with Crippen molar-refractivity contribution in [1.29, 1.82) is 0 Å². The molecule has 2 aliphatic carbocycles. The Bertz CT molecular complexity index is 116. The molecule has 0 spiro atoms. The first-order chi connectivity index (χ1) is 6.45. The Morgan fingerprint density at radius 2 is 0.923 bits per heavy atom. The Balaban J connectivity index is 1.69. The van der Waals surface area contributed by atoms with Crippen LogP contribution in [0, 0.1) is 0 Å². The van der Waals surface area contributed by atoms with Crippen LogP contribution in [0.25, 0.3) is 0 Å². The molecule has 2 rings (SSSR count). The van der Waals surface area contributed by atoms with Crippen LogP contribution < -0.4 is 0 Å². The summed E-state index contributed by atoms with van der Waals surface area (Å²) >= 11 is -0.123. The second-order valence-electron chi connectivity index (χ2n) is 5.24. The molecule has 2 aliphatic rings. The Morgan fingerprint density at radius 3 is 1.31 bits per heavy atom. The Morgan fingerprint density at radius 1 is 0.538 bits per heavy atom. The molecule has 0 bridgehead atoms. The average Bonchev–Trinajstić information content (AvgIpc) is 2.21. The van der Waals surface area contributed by atoms with Crippen molar-refractivity contribution in [2.24, 2.45) is 0 Å². The maximum atomic E-state index is 1.64. The normalized spacial score (nSPS) is 27.7. The topological polar surface area (TPSA) is 0 Å². The van der Waals surface area contributed by atoms with Crippen LogP contribution in [-0.2, 0) is 0 Å². The molecule has 0 saturated heterocycles. The average molecular weight is 241 g/mol. The molecule has 0 aromatic carbocycles. The molecule has 13 heavy (non-hydrogen) atoms. The quantitative estimate of drug-likeness (QED) is 0.647. The van der Waals surface area contributed by atoms with Crippen LogP contribution in [0.3, 0.4) is 0 Å². The van der Waals surface area contributed by atoms with Crippen LogP contribution in [0.5, 0.6) is 0 Å². The van der Waals surface area contributed by atoms with Crippen molar-refractivity contribution < 1.29 is 0 Å². The van der Waals surface area contributed by atoms with Crippen LogP contribution in [0.2, 0.25) is 9.50 Å². The summed E-state index contributed by atoms with van der Waals surface area (Å²) < 4.78 is 2.62. The molecule has 0 aromatic rings. The monoisotopic (exact) mass is 242 g/mol. The van der Waals surface area contributed by atoms with Gasteiger partial charge in [-0.05, 0) is 0 Å². The molecular weight excluding hydrogens is 217 g/mol. The van der Waals surface area contributed by atoms with Gasteiger partial charge >= 0.3 is 89.1 Å². The van der Waals surface area contributed by atoms with Crippen molar-refractivity contribution in [3.05, 3.63) is 0 Å². The first kappa shape index (κ1) is 10.1. The first-order valence-electron chi connectivity index (χ1n) is 6.45. The number of hydrogen-bond acceptors (Lipinski definition) is 0. The predicted octanol–water partition coefficient (Wildman–Crippen LogP) is 3.66. The summed E-state index contributed by atoms with van der Waals surface area (Å²) in [5, 5.41) is 0. The van der Waals surface area contributed by atoms with Gasteiger partial charge in [0.15, 0.2) is 0 Å². The summed E-state index contributed by atoms with van der Waals surface area (Å²) in [7, 11) is 0. The van der Waals surface area contributed by atoms with Crippen LogP contribution in [0.1, 0.15) is 64.2 Å². The van der Waals surface area contributed by atoms with Crippen LogP contribution in [-0.4, -0.2) is 15.4 Å². The van der Waals surface area contributed by atoms with Crippen molar-refractivity contribution in [3.63, 3.8) is 0 Å². The van der Waals surface area contributed by atoms with Gasteiger partial charge in [0.05, 0.1) is 0 Å². The summed E-state index contributed by atoms with van der Waals surface area (Å²) in [6, 6.07) is 0. The Hall–Kier alpha value is 0.543. The molecule has 0 radical (unpaired) electrons. The number of hydrogen-bond donors (Lipinski definition) is 0. The van der Waals surface area contributed by atoms with E-state index >= 15 is 0 Å². The zero-order chi connectivity index (χ0) is 8.93. The van der Waals surface area contributed by atoms with Crippen LogP contribution in [0.4, 0.5) is 0 Å². The van der Waals surface area contributed by atoms with Gasteiger partial charge in [-0.25, -0.2) is 0 Å². The standard InChI is InChI=1S/C12H24Ge/c1-3-7-11(8-4-1)13-12-9-5-2-6-10-12/h11-12H,1-10,13H2. The van der Waals surface area contributed by atoms with E-state index in [0.29, 0.717) is 0 Å². The van der Waals surface area contributed by atoms with E-state index in [1.54, 1.807) is 64.2 Å². The van der Waals surface area contributed by atoms with Gasteiger partial charge < -0.3 is 0 Å². The van der Waals surface area contributed by atoms with E-state index in [-0.39, 0.29) is 15.4 Å². The van der Waals surface area contributed by atoms with E-state index in [0.717, 1.165) is 0 Å². The molecule has 2 saturated carbocycles. The molecule has 2 fully saturated rings. The third kappa shape index (κ3) is 3.30. The molecule has 0 nitrogen and oxygen atoms in total. The van der Waals surface area contributed by atoms with E-state index < -0.39 is 0 Å². The summed E-state index contributed by atoms with van der Waals surface area (Å²) in [6.07, 6.45) is 15.9. The summed E-state index contributed by atoms with van der Waals surface area (Å²) in [5.74, 6) is 0. The molecule has 1 heteroatoms. The van der Waals surface area contributed by atoms with Gasteiger partial charge in [0, 0.05) is 0 Å². The second kappa shape index (κ2) is 5.43. The predicted molar refractivity (Wildman–Crippen MR) is 62.2 cm³/mol. The molecular formula is C12H24Ge. The first-order valence-corrected chi connectivity index (χ1v) is 9.88. The zero-order valence-electron chi connectivity index (χ0n) is 8.93. The summed E-state index contributed by atoms with van der Waals surface area (Å²) in [5.41, 5.74) is 0. The third-order valence-corrected chi connectivity index (χ3v) is 10.3. The zero-order valence-corrected chi connectivity index (χ0v) is 11.9. The van der Waals surface area contributed by atoms with Gasteiger partial charge in [0.25, 0.3) is 0 Å². The van der Waals surface area contributed by atoms with Crippen molar-refractivity contribution in [1.82, 2.24) is 0 Å². The maximum absolute atomic E-state index is 1.64. The van der Waals surface area contributed by atoms with Crippen molar-refractivity contribution >= 4 is 15.4 Å². The fourth-order valence-electron chi connectivity index (χ4n) is 3.32. The van der Waals surface area contributed by atoms with Gasteiger partial charge in [-0.1, -0.05) is 0 Å². The van der Waals surface area contributed by atoms with Crippen LogP contribution >= 0.6 is 0 Å². The molecule has 0 atom stereocenters. The minimum atomic E-state index is -0.123. The Labute approximate surface area is 89.3 Å². The van der Waals surface area contributed by atoms with Gasteiger partial charge in [-0.3, -0.25) is 0 Å².